The highest BCUT2D eigenvalue weighted by molar-refractivity contribution is 6.05. The molecule has 4 nitrogen and oxygen atoms in total. The number of carbonyl (C=O) groups excluding carboxylic acids is 1. The third kappa shape index (κ3) is 2.51. The molecule has 3 rings (SSSR count). The van der Waals surface area contributed by atoms with E-state index >= 15 is 0 Å². The average molecular weight is 270 g/mol. The van der Waals surface area contributed by atoms with Gasteiger partial charge in [-0.15, -0.1) is 0 Å². The predicted octanol–water partition coefficient (Wildman–Crippen LogP) is 2.13. The van der Waals surface area contributed by atoms with Crippen molar-refractivity contribution < 1.29 is 9.90 Å². The van der Waals surface area contributed by atoms with Crippen LogP contribution in [0.4, 0.5) is 0 Å². The zero-order valence-electron chi connectivity index (χ0n) is 11.3. The zero-order chi connectivity index (χ0) is 14.0. The van der Waals surface area contributed by atoms with Gasteiger partial charge in [0, 0.05) is 24.7 Å². The number of nitrogens with one attached hydrogen (secondary N) is 1. The van der Waals surface area contributed by atoms with Gasteiger partial charge in [-0.05, 0) is 36.1 Å². The molecule has 0 unspecified atom stereocenters. The molecule has 4 heteroatoms. The Morgan fingerprint density at radius 3 is 2.85 bits per heavy atom. The average Bonchev–Trinajstić information content (AvgIpc) is 3.25. The number of nitrogens with zero attached hydrogens (tertiary/aromatic N) is 1. The molecule has 1 heterocycles. The molecule has 1 aromatic carbocycles. The Balaban J connectivity index is 1.76. The molecule has 1 aromatic heterocycles. The summed E-state index contributed by atoms with van der Waals surface area (Å²) in [6.45, 7) is 0.805. The van der Waals surface area contributed by atoms with Crippen molar-refractivity contribution in [1.29, 1.82) is 0 Å². The Bertz CT molecular complexity index is 630. The summed E-state index contributed by atoms with van der Waals surface area (Å²) in [7, 11) is 0. The number of amides is 1. The van der Waals surface area contributed by atoms with Crippen molar-refractivity contribution in [3.63, 3.8) is 0 Å². The fourth-order valence-corrected chi connectivity index (χ4v) is 2.58. The molecule has 2 N–H and O–H groups in total. The van der Waals surface area contributed by atoms with Crippen LogP contribution in [0.15, 0.2) is 36.5 Å². The van der Waals surface area contributed by atoms with Gasteiger partial charge in [0.2, 0.25) is 0 Å². The third-order valence-corrected chi connectivity index (χ3v) is 4.11. The lowest BCUT2D eigenvalue weighted by molar-refractivity contribution is 0.0937. The van der Waals surface area contributed by atoms with E-state index in [9.17, 15) is 4.79 Å². The molecule has 0 radical (unpaired) electrons. The molecule has 0 bridgehead atoms. The van der Waals surface area contributed by atoms with Gasteiger partial charge in [0.15, 0.2) is 0 Å². The molecular weight excluding hydrogens is 252 g/mol. The van der Waals surface area contributed by atoms with Gasteiger partial charge in [0.25, 0.3) is 5.91 Å². The quantitative estimate of drug-likeness (QED) is 0.875. The number of pyridine rings is 1. The molecule has 0 spiro atoms. The zero-order valence-corrected chi connectivity index (χ0v) is 11.3. The first kappa shape index (κ1) is 13.1. The Labute approximate surface area is 117 Å². The summed E-state index contributed by atoms with van der Waals surface area (Å²) in [5.41, 5.74) is 0.595. The number of aliphatic hydroxyl groups is 1. The van der Waals surface area contributed by atoms with E-state index in [4.69, 9.17) is 5.11 Å². The number of hydrogen-bond donors (Lipinski definition) is 2. The van der Waals surface area contributed by atoms with Crippen LogP contribution in [0.1, 0.15) is 29.8 Å². The Kier molecular flexibility index (Phi) is 3.40. The van der Waals surface area contributed by atoms with Gasteiger partial charge < -0.3 is 10.4 Å². The van der Waals surface area contributed by atoms with E-state index < -0.39 is 0 Å². The van der Waals surface area contributed by atoms with Gasteiger partial charge in [0.1, 0.15) is 5.69 Å². The first-order chi connectivity index (χ1) is 9.74. The van der Waals surface area contributed by atoms with Crippen molar-refractivity contribution in [2.75, 3.05) is 13.2 Å². The van der Waals surface area contributed by atoms with Crippen molar-refractivity contribution >= 4 is 16.7 Å². The monoisotopic (exact) mass is 270 g/mol. The van der Waals surface area contributed by atoms with Gasteiger partial charge in [-0.2, -0.15) is 0 Å². The van der Waals surface area contributed by atoms with Crippen molar-refractivity contribution in [2.24, 2.45) is 5.41 Å². The van der Waals surface area contributed by atoms with Gasteiger partial charge in [-0.3, -0.25) is 9.78 Å². The second-order valence-electron chi connectivity index (χ2n) is 5.54. The van der Waals surface area contributed by atoms with E-state index in [-0.39, 0.29) is 17.9 Å². The predicted molar refractivity (Wildman–Crippen MR) is 77.4 cm³/mol. The van der Waals surface area contributed by atoms with E-state index in [1.807, 2.05) is 30.3 Å². The van der Waals surface area contributed by atoms with Crippen molar-refractivity contribution in [1.82, 2.24) is 10.3 Å². The minimum Gasteiger partial charge on any atom is -0.396 e. The summed E-state index contributed by atoms with van der Waals surface area (Å²) < 4.78 is 0. The SMILES string of the molecule is O=C(NCC1(CCO)CC1)c1nccc2ccccc12. The van der Waals surface area contributed by atoms with E-state index in [1.54, 1.807) is 6.20 Å². The molecule has 1 fully saturated rings. The third-order valence-electron chi connectivity index (χ3n) is 4.11. The summed E-state index contributed by atoms with van der Waals surface area (Å²) in [5, 5.41) is 13.9. The summed E-state index contributed by atoms with van der Waals surface area (Å²) >= 11 is 0. The molecule has 104 valence electrons. The smallest absolute Gasteiger partial charge is 0.270 e. The molecule has 1 aliphatic rings. The second-order valence-corrected chi connectivity index (χ2v) is 5.54. The molecule has 2 aromatic rings. The minimum atomic E-state index is -0.133. The molecule has 1 saturated carbocycles. The largest absolute Gasteiger partial charge is 0.396 e. The highest BCUT2D eigenvalue weighted by atomic mass is 16.3. The Hall–Kier alpha value is -1.94. The standard InChI is InChI=1S/C16H18N2O2/c19-10-8-16(6-7-16)11-18-15(20)14-13-4-2-1-3-12(13)5-9-17-14/h1-5,9,19H,6-8,10-11H2,(H,18,20). The van der Waals surface area contributed by atoms with E-state index in [0.717, 1.165) is 30.0 Å². The maximum absolute atomic E-state index is 12.3. The lowest BCUT2D eigenvalue weighted by Crippen LogP contribution is -2.31. The maximum atomic E-state index is 12.3. The molecule has 1 amide bonds. The Morgan fingerprint density at radius 1 is 1.30 bits per heavy atom. The minimum absolute atomic E-state index is 0.120. The van der Waals surface area contributed by atoms with E-state index in [1.165, 1.54) is 0 Å². The van der Waals surface area contributed by atoms with Gasteiger partial charge >= 0.3 is 0 Å². The fourth-order valence-electron chi connectivity index (χ4n) is 2.58. The summed E-state index contributed by atoms with van der Waals surface area (Å²) in [6.07, 6.45) is 4.59. The maximum Gasteiger partial charge on any atom is 0.270 e. The van der Waals surface area contributed by atoms with Crippen LogP contribution >= 0.6 is 0 Å². The number of aliphatic hydroxyl groups excluding tert-OH is 1. The number of carbonyl (C=O) groups is 1. The lowest BCUT2D eigenvalue weighted by atomic mass is 10.0. The molecular formula is C16H18N2O2. The topological polar surface area (TPSA) is 62.2 Å². The van der Waals surface area contributed by atoms with Crippen LogP contribution in [0, 0.1) is 5.41 Å². The first-order valence-electron chi connectivity index (χ1n) is 6.97. The van der Waals surface area contributed by atoms with E-state index in [2.05, 4.69) is 10.3 Å². The lowest BCUT2D eigenvalue weighted by Gasteiger charge is -2.14. The van der Waals surface area contributed by atoms with Crippen LogP contribution in [0.5, 0.6) is 0 Å². The number of aromatic nitrogens is 1. The highest BCUT2D eigenvalue weighted by Crippen LogP contribution is 2.47. The van der Waals surface area contributed by atoms with E-state index in [0.29, 0.717) is 12.2 Å². The van der Waals surface area contributed by atoms with Crippen LogP contribution in [0.2, 0.25) is 0 Å². The second kappa shape index (κ2) is 5.21. The van der Waals surface area contributed by atoms with Crippen LogP contribution in [0.3, 0.4) is 0 Å². The molecule has 20 heavy (non-hydrogen) atoms. The molecule has 1 aliphatic carbocycles. The molecule has 0 aliphatic heterocycles. The van der Waals surface area contributed by atoms with Crippen LogP contribution in [0.25, 0.3) is 10.8 Å². The van der Waals surface area contributed by atoms with Crippen molar-refractivity contribution in [3.05, 3.63) is 42.2 Å². The molecule has 0 saturated heterocycles. The van der Waals surface area contributed by atoms with Gasteiger partial charge in [-0.25, -0.2) is 0 Å². The van der Waals surface area contributed by atoms with Crippen molar-refractivity contribution in [2.45, 2.75) is 19.3 Å². The normalized spacial score (nSPS) is 16.1. The van der Waals surface area contributed by atoms with Crippen molar-refractivity contribution in [3.8, 4) is 0 Å². The van der Waals surface area contributed by atoms with Gasteiger partial charge in [-0.1, -0.05) is 24.3 Å². The highest BCUT2D eigenvalue weighted by Gasteiger charge is 2.42. The van der Waals surface area contributed by atoms with Gasteiger partial charge in [0.05, 0.1) is 0 Å². The van der Waals surface area contributed by atoms with Crippen LogP contribution in [-0.4, -0.2) is 29.1 Å². The number of rotatable bonds is 5. The molecule has 0 atom stereocenters. The first-order valence-corrected chi connectivity index (χ1v) is 6.97. The number of benzene rings is 1. The van der Waals surface area contributed by atoms with Crippen LogP contribution in [-0.2, 0) is 0 Å². The number of hydrogen-bond acceptors (Lipinski definition) is 3. The number of fused-ring (bicyclic) bond motifs is 1. The summed E-state index contributed by atoms with van der Waals surface area (Å²) in [5.74, 6) is -0.133. The summed E-state index contributed by atoms with van der Waals surface area (Å²) in [4.78, 5) is 16.5. The summed E-state index contributed by atoms with van der Waals surface area (Å²) in [6, 6.07) is 9.65. The fraction of sp³-hybridized carbons (Fsp3) is 0.375. The Morgan fingerprint density at radius 2 is 2.10 bits per heavy atom. The van der Waals surface area contributed by atoms with Crippen LogP contribution < -0.4 is 5.32 Å².